The molecule has 0 spiro atoms. The lowest BCUT2D eigenvalue weighted by Crippen LogP contribution is -2.23. The quantitative estimate of drug-likeness (QED) is 0.757. The van der Waals surface area contributed by atoms with Gasteiger partial charge in [0.25, 0.3) is 0 Å². The third-order valence-electron chi connectivity index (χ3n) is 2.83. The molecule has 0 saturated carbocycles. The Morgan fingerprint density at radius 1 is 1.35 bits per heavy atom. The Hall–Kier alpha value is -2.30. The molecule has 5 nitrogen and oxygen atoms in total. The molecule has 2 heterocycles. The summed E-state index contributed by atoms with van der Waals surface area (Å²) in [5.74, 6) is 0. The zero-order chi connectivity index (χ0) is 11.8. The number of ether oxygens (including phenoxy) is 1. The van der Waals surface area contributed by atoms with Crippen LogP contribution in [0.4, 0.5) is 16.2 Å². The number of pyridine rings is 1. The molecule has 1 aliphatic heterocycles. The number of nitrogen functional groups attached to an aromatic ring is 1. The van der Waals surface area contributed by atoms with Gasteiger partial charge < -0.3 is 10.5 Å². The molecule has 2 aromatic rings. The smallest absolute Gasteiger partial charge is 0.414 e. The fourth-order valence-corrected chi connectivity index (χ4v) is 2.03. The van der Waals surface area contributed by atoms with Crippen molar-refractivity contribution in [3.63, 3.8) is 0 Å². The first kappa shape index (κ1) is 9.89. The first-order valence-corrected chi connectivity index (χ1v) is 5.35. The lowest BCUT2D eigenvalue weighted by atomic mass is 10.1. The number of hydrogen-bond donors (Lipinski definition) is 1. The molecule has 1 aliphatic rings. The van der Waals surface area contributed by atoms with E-state index in [1.165, 1.54) is 0 Å². The second kappa shape index (κ2) is 3.62. The molecule has 0 radical (unpaired) electrons. The number of nitrogens with zero attached hydrogens (tertiary/aromatic N) is 2. The zero-order valence-corrected chi connectivity index (χ0v) is 9.09. The number of carbonyl (C=O) groups is 1. The minimum Gasteiger partial charge on any atom is -0.447 e. The van der Waals surface area contributed by atoms with Gasteiger partial charge in [0, 0.05) is 11.6 Å². The Labute approximate surface area is 97.8 Å². The van der Waals surface area contributed by atoms with Gasteiger partial charge in [-0.05, 0) is 24.3 Å². The molecule has 5 heteroatoms. The number of benzene rings is 1. The molecular formula is C12H11N3O2. The molecule has 86 valence electrons. The number of aromatic nitrogens is 1. The third-order valence-corrected chi connectivity index (χ3v) is 2.83. The van der Waals surface area contributed by atoms with Gasteiger partial charge in [-0.15, -0.1) is 0 Å². The van der Waals surface area contributed by atoms with E-state index in [9.17, 15) is 4.79 Å². The van der Waals surface area contributed by atoms with Gasteiger partial charge in [-0.25, -0.2) is 4.79 Å². The van der Waals surface area contributed by atoms with Crippen LogP contribution in [-0.4, -0.2) is 24.2 Å². The van der Waals surface area contributed by atoms with Crippen molar-refractivity contribution in [1.82, 2.24) is 4.98 Å². The summed E-state index contributed by atoms with van der Waals surface area (Å²) in [6, 6.07) is 7.31. The summed E-state index contributed by atoms with van der Waals surface area (Å²) in [7, 11) is 0. The average Bonchev–Trinajstić information content (AvgIpc) is 2.77. The summed E-state index contributed by atoms with van der Waals surface area (Å²) in [4.78, 5) is 17.4. The van der Waals surface area contributed by atoms with Gasteiger partial charge in [0.15, 0.2) is 0 Å². The molecule has 0 aliphatic carbocycles. The highest BCUT2D eigenvalue weighted by Gasteiger charge is 2.25. The minimum atomic E-state index is -0.320. The summed E-state index contributed by atoms with van der Waals surface area (Å²) in [5, 5.41) is 0.867. The molecule has 3 rings (SSSR count). The number of rotatable bonds is 1. The largest absolute Gasteiger partial charge is 0.447 e. The van der Waals surface area contributed by atoms with Crippen LogP contribution >= 0.6 is 0 Å². The van der Waals surface area contributed by atoms with Crippen molar-refractivity contribution in [1.29, 1.82) is 0 Å². The van der Waals surface area contributed by atoms with Gasteiger partial charge in [0.2, 0.25) is 0 Å². The Bertz CT molecular complexity index is 597. The third kappa shape index (κ3) is 1.47. The molecule has 1 aromatic heterocycles. The van der Waals surface area contributed by atoms with Gasteiger partial charge in [-0.2, -0.15) is 0 Å². The maximum atomic E-state index is 11.6. The highest BCUT2D eigenvalue weighted by atomic mass is 16.6. The summed E-state index contributed by atoms with van der Waals surface area (Å²) >= 11 is 0. The van der Waals surface area contributed by atoms with E-state index in [0.29, 0.717) is 24.4 Å². The Morgan fingerprint density at radius 2 is 2.24 bits per heavy atom. The van der Waals surface area contributed by atoms with Crippen molar-refractivity contribution in [3.8, 4) is 0 Å². The highest BCUT2D eigenvalue weighted by molar-refractivity contribution is 6.04. The van der Waals surface area contributed by atoms with E-state index in [1.807, 2.05) is 18.2 Å². The SMILES string of the molecule is Nc1ccc(N2CCOC2=O)c2cccnc12. The van der Waals surface area contributed by atoms with Crippen LogP contribution in [0.25, 0.3) is 10.9 Å². The second-order valence-corrected chi connectivity index (χ2v) is 3.84. The van der Waals surface area contributed by atoms with Gasteiger partial charge in [-0.3, -0.25) is 9.88 Å². The number of carbonyl (C=O) groups excluding carboxylic acids is 1. The van der Waals surface area contributed by atoms with Crippen molar-refractivity contribution in [3.05, 3.63) is 30.5 Å². The van der Waals surface area contributed by atoms with E-state index in [2.05, 4.69) is 4.98 Å². The normalized spacial score (nSPS) is 15.3. The molecule has 2 N–H and O–H groups in total. The fraction of sp³-hybridized carbons (Fsp3) is 0.167. The Balaban J connectivity index is 2.23. The summed E-state index contributed by atoms with van der Waals surface area (Å²) in [5.41, 5.74) is 7.98. The topological polar surface area (TPSA) is 68.4 Å². The molecule has 1 fully saturated rings. The standard InChI is InChI=1S/C12H11N3O2/c13-9-3-4-10(15-6-7-17-12(15)16)8-2-1-5-14-11(8)9/h1-5H,6-7,13H2. The van der Waals surface area contributed by atoms with Crippen LogP contribution in [0.1, 0.15) is 0 Å². The monoisotopic (exact) mass is 229 g/mol. The van der Waals surface area contributed by atoms with Gasteiger partial charge in [0.1, 0.15) is 6.61 Å². The first-order valence-electron chi connectivity index (χ1n) is 5.35. The molecular weight excluding hydrogens is 218 g/mol. The van der Waals surface area contributed by atoms with Gasteiger partial charge in [-0.1, -0.05) is 0 Å². The molecule has 0 unspecified atom stereocenters. The van der Waals surface area contributed by atoms with Crippen molar-refractivity contribution < 1.29 is 9.53 Å². The van der Waals surface area contributed by atoms with Crippen LogP contribution in [0.15, 0.2) is 30.5 Å². The van der Waals surface area contributed by atoms with E-state index in [0.717, 1.165) is 11.1 Å². The van der Waals surface area contributed by atoms with E-state index < -0.39 is 0 Å². The van der Waals surface area contributed by atoms with Crippen LogP contribution < -0.4 is 10.6 Å². The van der Waals surface area contributed by atoms with E-state index in [4.69, 9.17) is 10.5 Å². The van der Waals surface area contributed by atoms with Crippen LogP contribution in [0.2, 0.25) is 0 Å². The van der Waals surface area contributed by atoms with E-state index in [1.54, 1.807) is 17.2 Å². The van der Waals surface area contributed by atoms with Crippen molar-refractivity contribution in [2.24, 2.45) is 0 Å². The summed E-state index contributed by atoms with van der Waals surface area (Å²) < 4.78 is 4.93. The highest BCUT2D eigenvalue weighted by Crippen LogP contribution is 2.30. The van der Waals surface area contributed by atoms with Gasteiger partial charge in [0.05, 0.1) is 23.4 Å². The predicted molar refractivity (Wildman–Crippen MR) is 64.8 cm³/mol. The van der Waals surface area contributed by atoms with E-state index in [-0.39, 0.29) is 6.09 Å². The maximum absolute atomic E-state index is 11.6. The van der Waals surface area contributed by atoms with Crippen LogP contribution in [0.5, 0.6) is 0 Å². The lowest BCUT2D eigenvalue weighted by molar-refractivity contribution is 0.181. The zero-order valence-electron chi connectivity index (χ0n) is 9.09. The minimum absolute atomic E-state index is 0.320. The number of nitrogens with two attached hydrogens (primary N) is 1. The number of anilines is 2. The molecule has 0 atom stereocenters. The van der Waals surface area contributed by atoms with Crippen molar-refractivity contribution >= 4 is 28.4 Å². The lowest BCUT2D eigenvalue weighted by Gasteiger charge is -2.15. The van der Waals surface area contributed by atoms with E-state index >= 15 is 0 Å². The number of cyclic esters (lactones) is 1. The maximum Gasteiger partial charge on any atom is 0.414 e. The van der Waals surface area contributed by atoms with Crippen molar-refractivity contribution in [2.75, 3.05) is 23.8 Å². The number of fused-ring (bicyclic) bond motifs is 1. The summed E-state index contributed by atoms with van der Waals surface area (Å²) in [6.07, 6.45) is 1.37. The first-order chi connectivity index (χ1) is 8.27. The Morgan fingerprint density at radius 3 is 3.00 bits per heavy atom. The van der Waals surface area contributed by atoms with Crippen LogP contribution in [0, 0.1) is 0 Å². The number of amides is 1. The van der Waals surface area contributed by atoms with Gasteiger partial charge >= 0.3 is 6.09 Å². The fourth-order valence-electron chi connectivity index (χ4n) is 2.03. The van der Waals surface area contributed by atoms with Crippen molar-refractivity contribution in [2.45, 2.75) is 0 Å². The molecule has 17 heavy (non-hydrogen) atoms. The Kier molecular flexibility index (Phi) is 2.11. The average molecular weight is 229 g/mol. The van der Waals surface area contributed by atoms with Crippen LogP contribution in [-0.2, 0) is 4.74 Å². The van der Waals surface area contributed by atoms with Crippen LogP contribution in [0.3, 0.4) is 0 Å². The molecule has 1 saturated heterocycles. The summed E-state index contributed by atoms with van der Waals surface area (Å²) in [6.45, 7) is 0.984. The molecule has 1 aromatic carbocycles. The predicted octanol–water partition coefficient (Wildman–Crippen LogP) is 1.77. The second-order valence-electron chi connectivity index (χ2n) is 3.84. The molecule has 1 amide bonds. The molecule has 0 bridgehead atoms. The number of hydrogen-bond acceptors (Lipinski definition) is 4.